The van der Waals surface area contributed by atoms with Gasteiger partial charge in [0.15, 0.2) is 0 Å². The molecule has 0 unspecified atom stereocenters. The van der Waals surface area contributed by atoms with E-state index < -0.39 is 0 Å². The van der Waals surface area contributed by atoms with Gasteiger partial charge >= 0.3 is 0 Å². The minimum Gasteiger partial charge on any atom is -0.311 e. The number of rotatable bonds is 6. The Morgan fingerprint density at radius 3 is 2.52 bits per heavy atom. The van der Waals surface area contributed by atoms with Gasteiger partial charge in [-0.25, -0.2) is 9.20 Å². The molecule has 0 atom stereocenters. The van der Waals surface area contributed by atoms with E-state index in [0.717, 1.165) is 23.2 Å². The van der Waals surface area contributed by atoms with Gasteiger partial charge in [-0.3, -0.25) is 9.59 Å². The van der Waals surface area contributed by atoms with Gasteiger partial charge in [0.2, 0.25) is 5.91 Å². The zero-order valence-corrected chi connectivity index (χ0v) is 17.9. The molecule has 31 heavy (non-hydrogen) atoms. The van der Waals surface area contributed by atoms with Crippen molar-refractivity contribution >= 4 is 17.1 Å². The monoisotopic (exact) mass is 415 g/mol. The van der Waals surface area contributed by atoms with Crippen LogP contribution in [-0.4, -0.2) is 31.8 Å². The lowest BCUT2D eigenvalue weighted by molar-refractivity contribution is -0.119. The van der Waals surface area contributed by atoms with E-state index in [9.17, 15) is 9.59 Å². The highest BCUT2D eigenvalue weighted by atomic mass is 16.2. The van der Waals surface area contributed by atoms with Crippen LogP contribution in [0.1, 0.15) is 25.0 Å². The molecule has 4 rings (SSSR count). The van der Waals surface area contributed by atoms with E-state index in [2.05, 4.69) is 29.3 Å². The highest BCUT2D eigenvalue weighted by Crippen LogP contribution is 2.19. The predicted molar refractivity (Wildman–Crippen MR) is 121 cm³/mol. The predicted octanol–water partition coefficient (Wildman–Crippen LogP) is 3.48. The van der Waals surface area contributed by atoms with Crippen LogP contribution in [0.4, 0.5) is 5.69 Å². The van der Waals surface area contributed by atoms with Crippen molar-refractivity contribution in [3.05, 3.63) is 82.4 Å². The smallest absolute Gasteiger partial charge is 0.293 e. The number of anilines is 1. The maximum atomic E-state index is 13.0. The number of hydrogen-bond donors (Lipinski definition) is 0. The molecule has 0 aliphatic carbocycles. The fraction of sp³-hybridized carbons (Fsp3) is 0.250. The molecule has 4 aromatic rings. The van der Waals surface area contributed by atoms with Crippen LogP contribution in [0.25, 0.3) is 16.8 Å². The summed E-state index contributed by atoms with van der Waals surface area (Å²) in [6.07, 6.45) is 2.43. The summed E-state index contributed by atoms with van der Waals surface area (Å²) in [6.45, 7) is 6.36. The number of hydrogen-bond acceptors (Lipinski definition) is 4. The first-order valence-corrected chi connectivity index (χ1v) is 10.4. The number of carbonyl (C=O) groups is 1. The first-order chi connectivity index (χ1) is 15.0. The Labute approximate surface area is 180 Å². The lowest BCUT2D eigenvalue weighted by atomic mass is 10.1. The maximum absolute atomic E-state index is 13.0. The molecule has 1 amide bonds. The van der Waals surface area contributed by atoms with Crippen LogP contribution in [0.2, 0.25) is 0 Å². The van der Waals surface area contributed by atoms with Crippen molar-refractivity contribution in [2.24, 2.45) is 0 Å². The molecule has 2 aromatic carbocycles. The molecular weight excluding hydrogens is 390 g/mol. The average molecular weight is 415 g/mol. The molecule has 2 heterocycles. The van der Waals surface area contributed by atoms with Crippen LogP contribution in [0.3, 0.4) is 0 Å². The Hall–Kier alpha value is -3.74. The molecule has 0 aliphatic rings. The van der Waals surface area contributed by atoms with Gasteiger partial charge in [0.25, 0.3) is 5.56 Å². The van der Waals surface area contributed by atoms with E-state index in [1.54, 1.807) is 11.0 Å². The molecule has 0 radical (unpaired) electrons. The van der Waals surface area contributed by atoms with E-state index in [-0.39, 0.29) is 18.0 Å². The Bertz CT molecular complexity index is 1290. The zero-order valence-electron chi connectivity index (χ0n) is 17.9. The third-order valence-corrected chi connectivity index (χ3v) is 5.36. The molecule has 0 spiro atoms. The topological polar surface area (TPSA) is 72.5 Å². The van der Waals surface area contributed by atoms with E-state index in [1.165, 1.54) is 21.1 Å². The third-order valence-electron chi connectivity index (χ3n) is 5.36. The van der Waals surface area contributed by atoms with Crippen LogP contribution in [0, 0.1) is 6.92 Å². The van der Waals surface area contributed by atoms with Crippen LogP contribution < -0.4 is 10.5 Å². The number of amides is 1. The quantitative estimate of drug-likeness (QED) is 0.483. The molecule has 0 aliphatic heterocycles. The number of aromatic nitrogens is 4. The van der Waals surface area contributed by atoms with Crippen LogP contribution >= 0.6 is 0 Å². The van der Waals surface area contributed by atoms with Crippen molar-refractivity contribution in [3.63, 3.8) is 0 Å². The lowest BCUT2D eigenvalue weighted by Crippen LogP contribution is -2.37. The second-order valence-corrected chi connectivity index (χ2v) is 7.48. The Morgan fingerprint density at radius 2 is 1.84 bits per heavy atom. The molecule has 0 bridgehead atoms. The lowest BCUT2D eigenvalue weighted by Gasteiger charge is -2.21. The summed E-state index contributed by atoms with van der Waals surface area (Å²) < 4.78 is 2.66. The second kappa shape index (κ2) is 8.55. The number of carbonyl (C=O) groups excluding carboxylic acids is 1. The van der Waals surface area contributed by atoms with Crippen molar-refractivity contribution in [2.45, 2.75) is 33.7 Å². The van der Waals surface area contributed by atoms with Crippen molar-refractivity contribution < 1.29 is 4.79 Å². The van der Waals surface area contributed by atoms with E-state index in [4.69, 9.17) is 0 Å². The Balaban J connectivity index is 1.63. The molecule has 0 saturated carbocycles. The van der Waals surface area contributed by atoms with Gasteiger partial charge in [-0.1, -0.05) is 43.3 Å². The molecule has 7 heteroatoms. The number of fused-ring (bicyclic) bond motifs is 1. The van der Waals surface area contributed by atoms with Crippen molar-refractivity contribution in [1.29, 1.82) is 0 Å². The maximum Gasteiger partial charge on any atom is 0.293 e. The molecule has 0 saturated heterocycles. The zero-order chi connectivity index (χ0) is 22.0. The minimum atomic E-state index is -0.347. The molecule has 0 fully saturated rings. The van der Waals surface area contributed by atoms with E-state index in [1.807, 2.05) is 50.2 Å². The first kappa shape index (κ1) is 20.5. The van der Waals surface area contributed by atoms with Crippen LogP contribution in [0.15, 0.2) is 65.7 Å². The second-order valence-electron chi connectivity index (χ2n) is 7.48. The van der Waals surface area contributed by atoms with Gasteiger partial charge in [-0.05, 0) is 49.6 Å². The SMILES string of the molecule is CCc1ccc(-c2cc3c(=O)n(CC(=O)N(CC)c4cccc(C)c4)ncn3n2)cc1. The van der Waals surface area contributed by atoms with Gasteiger partial charge < -0.3 is 4.90 Å². The molecular formula is C24H25N5O2. The molecule has 2 aromatic heterocycles. The largest absolute Gasteiger partial charge is 0.311 e. The number of benzene rings is 2. The summed E-state index contributed by atoms with van der Waals surface area (Å²) in [5, 5.41) is 8.64. The van der Waals surface area contributed by atoms with E-state index >= 15 is 0 Å². The summed E-state index contributed by atoms with van der Waals surface area (Å²) in [7, 11) is 0. The standard InChI is InChI=1S/C24H25N5O2/c1-4-18-9-11-19(12-10-18)21-14-22-24(31)28(25-16-29(22)26-21)15-23(30)27(5-2)20-8-6-7-17(3)13-20/h6-14,16H,4-5,15H2,1-3H3. The summed E-state index contributed by atoms with van der Waals surface area (Å²) >= 11 is 0. The fourth-order valence-corrected chi connectivity index (χ4v) is 3.62. The van der Waals surface area contributed by atoms with Gasteiger partial charge in [0.1, 0.15) is 18.4 Å². The Morgan fingerprint density at radius 1 is 1.06 bits per heavy atom. The van der Waals surface area contributed by atoms with Crippen molar-refractivity contribution in [3.8, 4) is 11.3 Å². The number of nitrogens with zero attached hydrogens (tertiary/aromatic N) is 5. The summed E-state index contributed by atoms with van der Waals surface area (Å²) in [5.74, 6) is -0.193. The van der Waals surface area contributed by atoms with Gasteiger partial charge in [0, 0.05) is 17.8 Å². The molecule has 0 N–H and O–H groups in total. The normalized spacial score (nSPS) is 11.1. The van der Waals surface area contributed by atoms with Crippen molar-refractivity contribution in [1.82, 2.24) is 19.4 Å². The van der Waals surface area contributed by atoms with Gasteiger partial charge in [0.05, 0.1) is 5.69 Å². The summed E-state index contributed by atoms with van der Waals surface area (Å²) in [4.78, 5) is 27.6. The first-order valence-electron chi connectivity index (χ1n) is 10.4. The van der Waals surface area contributed by atoms with E-state index in [0.29, 0.717) is 17.8 Å². The van der Waals surface area contributed by atoms with Gasteiger partial charge in [-0.2, -0.15) is 10.2 Å². The van der Waals surface area contributed by atoms with Crippen molar-refractivity contribution in [2.75, 3.05) is 11.4 Å². The number of aryl methyl sites for hydroxylation is 2. The Kier molecular flexibility index (Phi) is 5.66. The summed E-state index contributed by atoms with van der Waals surface area (Å²) in [5.41, 5.74) is 4.78. The number of likely N-dealkylation sites (N-methyl/N-ethyl adjacent to an activating group) is 1. The molecule has 7 nitrogen and oxygen atoms in total. The highest BCUT2D eigenvalue weighted by Gasteiger charge is 2.17. The molecule has 158 valence electrons. The fourth-order valence-electron chi connectivity index (χ4n) is 3.62. The summed E-state index contributed by atoms with van der Waals surface area (Å²) in [6, 6.07) is 17.6. The van der Waals surface area contributed by atoms with Gasteiger partial charge in [-0.15, -0.1) is 0 Å². The highest BCUT2D eigenvalue weighted by molar-refractivity contribution is 5.93. The minimum absolute atomic E-state index is 0.136. The third kappa shape index (κ3) is 4.12. The average Bonchev–Trinajstić information content (AvgIpc) is 3.22. The van der Waals surface area contributed by atoms with Crippen LogP contribution in [-0.2, 0) is 17.8 Å². The van der Waals surface area contributed by atoms with Crippen LogP contribution in [0.5, 0.6) is 0 Å².